The van der Waals surface area contributed by atoms with Crippen LogP contribution in [-0.4, -0.2) is 41.1 Å². The maximum absolute atomic E-state index is 11.5. The Hall–Kier alpha value is -2.30. The van der Waals surface area contributed by atoms with Gasteiger partial charge >= 0.3 is 6.09 Å². The van der Waals surface area contributed by atoms with Crippen LogP contribution in [0.2, 0.25) is 0 Å². The average Bonchev–Trinajstić information content (AvgIpc) is 2.31. The van der Waals surface area contributed by atoms with E-state index in [1.54, 1.807) is 6.08 Å². The Bertz CT molecular complexity index is 464. The van der Waals surface area contributed by atoms with Gasteiger partial charge < -0.3 is 15.3 Å². The molecule has 2 rings (SSSR count). The zero-order valence-electron chi connectivity index (χ0n) is 9.74. The van der Waals surface area contributed by atoms with Gasteiger partial charge in [-0.3, -0.25) is 4.79 Å². The number of hydrogen-bond acceptors (Lipinski definition) is 2. The van der Waals surface area contributed by atoms with Crippen LogP contribution >= 0.6 is 0 Å². The molecule has 1 heterocycles. The van der Waals surface area contributed by atoms with Gasteiger partial charge in [0.05, 0.1) is 6.04 Å². The van der Waals surface area contributed by atoms with Crippen molar-refractivity contribution < 1.29 is 14.7 Å². The van der Waals surface area contributed by atoms with Crippen molar-refractivity contribution >= 4 is 18.1 Å². The minimum absolute atomic E-state index is 0.0750. The van der Waals surface area contributed by atoms with Crippen LogP contribution < -0.4 is 5.32 Å². The number of rotatable bonds is 3. The molecule has 94 valence electrons. The molecule has 18 heavy (non-hydrogen) atoms. The van der Waals surface area contributed by atoms with Gasteiger partial charge in [0.15, 0.2) is 0 Å². The van der Waals surface area contributed by atoms with E-state index in [-0.39, 0.29) is 11.9 Å². The van der Waals surface area contributed by atoms with Crippen LogP contribution in [0.3, 0.4) is 0 Å². The summed E-state index contributed by atoms with van der Waals surface area (Å²) < 4.78 is 0. The fourth-order valence-corrected chi connectivity index (χ4v) is 1.71. The SMILES string of the molecule is O=C(C=Cc1ccccc1)NC1CN(C(=O)O)C1. The summed E-state index contributed by atoms with van der Waals surface area (Å²) in [6.45, 7) is 0.723. The topological polar surface area (TPSA) is 69.6 Å². The second kappa shape index (κ2) is 5.35. The highest BCUT2D eigenvalue weighted by Gasteiger charge is 2.30. The van der Waals surface area contributed by atoms with E-state index >= 15 is 0 Å². The molecule has 0 unspecified atom stereocenters. The molecule has 2 N–H and O–H groups in total. The van der Waals surface area contributed by atoms with Gasteiger partial charge in [0.1, 0.15) is 0 Å². The Morgan fingerprint density at radius 2 is 1.94 bits per heavy atom. The molecule has 0 spiro atoms. The first-order chi connectivity index (χ1) is 8.65. The van der Waals surface area contributed by atoms with Gasteiger partial charge in [0.2, 0.25) is 5.91 Å². The lowest BCUT2D eigenvalue weighted by Gasteiger charge is -2.37. The van der Waals surface area contributed by atoms with Crippen molar-refractivity contribution in [3.8, 4) is 0 Å². The second-order valence-electron chi connectivity index (χ2n) is 4.14. The van der Waals surface area contributed by atoms with Crippen molar-refractivity contribution in [3.05, 3.63) is 42.0 Å². The van der Waals surface area contributed by atoms with E-state index < -0.39 is 6.09 Å². The smallest absolute Gasteiger partial charge is 0.407 e. The summed E-state index contributed by atoms with van der Waals surface area (Å²) in [6, 6.07) is 9.43. The van der Waals surface area contributed by atoms with Crippen LogP contribution in [0.15, 0.2) is 36.4 Å². The van der Waals surface area contributed by atoms with E-state index in [9.17, 15) is 9.59 Å². The van der Waals surface area contributed by atoms with E-state index in [1.807, 2.05) is 30.3 Å². The molecular formula is C13H14N2O3. The number of hydrogen-bond donors (Lipinski definition) is 2. The first-order valence-electron chi connectivity index (χ1n) is 5.66. The molecule has 2 amide bonds. The van der Waals surface area contributed by atoms with E-state index in [0.29, 0.717) is 13.1 Å². The molecule has 5 nitrogen and oxygen atoms in total. The quantitative estimate of drug-likeness (QED) is 0.787. The predicted molar refractivity (Wildman–Crippen MR) is 67.0 cm³/mol. The van der Waals surface area contributed by atoms with Gasteiger partial charge in [-0.1, -0.05) is 30.3 Å². The summed E-state index contributed by atoms with van der Waals surface area (Å²) in [5.41, 5.74) is 0.952. The van der Waals surface area contributed by atoms with Gasteiger partial charge in [-0.2, -0.15) is 0 Å². The van der Waals surface area contributed by atoms with Crippen LogP contribution in [0.4, 0.5) is 4.79 Å². The standard InChI is InChI=1S/C13H14N2O3/c16-12(7-6-10-4-2-1-3-5-10)14-11-8-15(9-11)13(17)18/h1-7,11H,8-9H2,(H,14,16)(H,17,18). The van der Waals surface area contributed by atoms with Gasteiger partial charge in [-0.05, 0) is 11.6 Å². The minimum atomic E-state index is -0.944. The summed E-state index contributed by atoms with van der Waals surface area (Å²) in [5, 5.41) is 11.4. The Labute approximate surface area is 105 Å². The number of carboxylic acid groups (broad SMARTS) is 1. The first-order valence-corrected chi connectivity index (χ1v) is 5.66. The number of amides is 2. The zero-order chi connectivity index (χ0) is 13.0. The Kier molecular flexibility index (Phi) is 3.62. The summed E-state index contributed by atoms with van der Waals surface area (Å²) in [6.07, 6.45) is 2.24. The third-order valence-electron chi connectivity index (χ3n) is 2.73. The number of carbonyl (C=O) groups is 2. The number of benzene rings is 1. The highest BCUT2D eigenvalue weighted by atomic mass is 16.4. The molecule has 0 atom stereocenters. The third kappa shape index (κ3) is 3.10. The molecular weight excluding hydrogens is 232 g/mol. The zero-order valence-corrected chi connectivity index (χ0v) is 9.74. The Morgan fingerprint density at radius 1 is 1.28 bits per heavy atom. The first kappa shape index (κ1) is 12.2. The summed E-state index contributed by atoms with van der Waals surface area (Å²) in [5.74, 6) is -0.200. The lowest BCUT2D eigenvalue weighted by atomic mass is 10.1. The molecule has 0 bridgehead atoms. The summed E-state index contributed by atoms with van der Waals surface area (Å²) >= 11 is 0. The predicted octanol–water partition coefficient (Wildman–Crippen LogP) is 1.18. The second-order valence-corrected chi connectivity index (χ2v) is 4.14. The van der Waals surface area contributed by atoms with Crippen LogP contribution in [0, 0.1) is 0 Å². The molecule has 0 saturated carbocycles. The average molecular weight is 246 g/mol. The number of nitrogens with zero attached hydrogens (tertiary/aromatic N) is 1. The Balaban J connectivity index is 1.77. The van der Waals surface area contributed by atoms with Crippen molar-refractivity contribution in [2.75, 3.05) is 13.1 Å². The fourth-order valence-electron chi connectivity index (χ4n) is 1.71. The van der Waals surface area contributed by atoms with E-state index in [0.717, 1.165) is 5.56 Å². The van der Waals surface area contributed by atoms with Gasteiger partial charge in [-0.25, -0.2) is 4.79 Å². The van der Waals surface area contributed by atoms with E-state index in [1.165, 1.54) is 11.0 Å². The summed E-state index contributed by atoms with van der Waals surface area (Å²) in [7, 11) is 0. The Morgan fingerprint density at radius 3 is 2.56 bits per heavy atom. The molecule has 1 saturated heterocycles. The number of nitrogens with one attached hydrogen (secondary N) is 1. The number of carbonyl (C=O) groups excluding carboxylic acids is 1. The van der Waals surface area contributed by atoms with Gasteiger partial charge in [0.25, 0.3) is 0 Å². The fraction of sp³-hybridized carbons (Fsp3) is 0.231. The third-order valence-corrected chi connectivity index (χ3v) is 2.73. The van der Waals surface area contributed by atoms with Crippen molar-refractivity contribution in [3.63, 3.8) is 0 Å². The molecule has 0 aromatic heterocycles. The van der Waals surface area contributed by atoms with Crippen molar-refractivity contribution in [2.45, 2.75) is 6.04 Å². The van der Waals surface area contributed by atoms with Crippen molar-refractivity contribution in [2.24, 2.45) is 0 Å². The molecule has 1 aromatic rings. The van der Waals surface area contributed by atoms with Crippen LogP contribution in [0.5, 0.6) is 0 Å². The van der Waals surface area contributed by atoms with Crippen molar-refractivity contribution in [1.29, 1.82) is 0 Å². The molecule has 1 aliphatic heterocycles. The molecule has 1 aliphatic rings. The molecule has 0 radical (unpaired) electrons. The highest BCUT2D eigenvalue weighted by Crippen LogP contribution is 2.07. The lowest BCUT2D eigenvalue weighted by molar-refractivity contribution is -0.118. The van der Waals surface area contributed by atoms with Crippen LogP contribution in [0.25, 0.3) is 6.08 Å². The largest absolute Gasteiger partial charge is 0.465 e. The normalized spacial score (nSPS) is 15.4. The monoisotopic (exact) mass is 246 g/mol. The van der Waals surface area contributed by atoms with E-state index in [4.69, 9.17) is 5.11 Å². The minimum Gasteiger partial charge on any atom is -0.465 e. The maximum atomic E-state index is 11.5. The van der Waals surface area contributed by atoms with Gasteiger partial charge in [0, 0.05) is 19.2 Å². The van der Waals surface area contributed by atoms with Crippen LogP contribution in [0.1, 0.15) is 5.56 Å². The van der Waals surface area contributed by atoms with E-state index in [2.05, 4.69) is 5.32 Å². The van der Waals surface area contributed by atoms with Crippen molar-refractivity contribution in [1.82, 2.24) is 10.2 Å². The van der Waals surface area contributed by atoms with Crippen LogP contribution in [-0.2, 0) is 4.79 Å². The molecule has 5 heteroatoms. The highest BCUT2D eigenvalue weighted by molar-refractivity contribution is 5.92. The maximum Gasteiger partial charge on any atom is 0.407 e. The number of likely N-dealkylation sites (tertiary alicyclic amines) is 1. The lowest BCUT2D eigenvalue weighted by Crippen LogP contribution is -2.60. The summed E-state index contributed by atoms with van der Waals surface area (Å²) in [4.78, 5) is 23.3. The molecule has 0 aliphatic carbocycles. The molecule has 1 aromatic carbocycles. The van der Waals surface area contributed by atoms with Gasteiger partial charge in [-0.15, -0.1) is 0 Å². The molecule has 1 fully saturated rings.